The number of methoxy groups -OCH3 is 1. The highest BCUT2D eigenvalue weighted by atomic mass is 35.5. The normalized spacial score (nSPS) is 19.1. The van der Waals surface area contributed by atoms with Gasteiger partial charge in [0.1, 0.15) is 5.75 Å². The molecule has 2 rings (SSSR count). The lowest BCUT2D eigenvalue weighted by Crippen LogP contribution is -2.20. The molecule has 1 aliphatic rings. The van der Waals surface area contributed by atoms with Gasteiger partial charge in [0.25, 0.3) is 0 Å². The van der Waals surface area contributed by atoms with Crippen LogP contribution in [0.3, 0.4) is 0 Å². The highest BCUT2D eigenvalue weighted by Gasteiger charge is 2.33. The molecule has 2 nitrogen and oxygen atoms in total. The second-order valence-corrected chi connectivity index (χ2v) is 4.55. The summed E-state index contributed by atoms with van der Waals surface area (Å²) in [5.41, 5.74) is 0.183. The Morgan fingerprint density at radius 2 is 1.93 bits per heavy atom. The maximum Gasteiger partial charge on any atom is 0.120 e. The molecule has 82 valence electrons. The molecular weight excluding hydrogens is 212 g/mol. The van der Waals surface area contributed by atoms with E-state index >= 15 is 0 Å². The molecule has 0 radical (unpaired) electrons. The largest absolute Gasteiger partial charge is 0.497 e. The molecule has 0 aromatic heterocycles. The number of benzene rings is 1. The molecule has 1 aromatic carbocycles. The first-order valence-electron chi connectivity index (χ1n) is 5.21. The van der Waals surface area contributed by atoms with E-state index < -0.39 is 5.60 Å². The topological polar surface area (TPSA) is 29.5 Å². The highest BCUT2D eigenvalue weighted by molar-refractivity contribution is 6.30. The third-order valence-corrected chi connectivity index (χ3v) is 3.29. The number of halogens is 1. The van der Waals surface area contributed by atoms with Crippen molar-refractivity contribution < 1.29 is 9.84 Å². The minimum atomic E-state index is -0.696. The Balaban J connectivity index is 2.38. The zero-order valence-corrected chi connectivity index (χ0v) is 9.55. The molecule has 0 spiro atoms. The van der Waals surface area contributed by atoms with Gasteiger partial charge in [0.15, 0.2) is 0 Å². The SMILES string of the molecule is COc1cc(Cl)cc(C2(O)CCCC2)c1. The van der Waals surface area contributed by atoms with Crippen LogP contribution < -0.4 is 4.74 Å². The van der Waals surface area contributed by atoms with Crippen LogP contribution in [0.5, 0.6) is 5.75 Å². The minimum Gasteiger partial charge on any atom is -0.497 e. The zero-order chi connectivity index (χ0) is 10.9. The summed E-state index contributed by atoms with van der Waals surface area (Å²) >= 11 is 5.98. The third-order valence-electron chi connectivity index (χ3n) is 3.08. The van der Waals surface area contributed by atoms with Gasteiger partial charge in [-0.05, 0) is 36.6 Å². The Morgan fingerprint density at radius 1 is 1.27 bits per heavy atom. The minimum absolute atomic E-state index is 0.615. The maximum atomic E-state index is 10.4. The van der Waals surface area contributed by atoms with E-state index in [1.165, 1.54) is 0 Å². The van der Waals surface area contributed by atoms with Gasteiger partial charge < -0.3 is 9.84 Å². The Bertz CT molecular complexity index is 357. The van der Waals surface area contributed by atoms with Crippen molar-refractivity contribution in [3.63, 3.8) is 0 Å². The van der Waals surface area contributed by atoms with Gasteiger partial charge in [-0.15, -0.1) is 0 Å². The van der Waals surface area contributed by atoms with E-state index in [1.54, 1.807) is 13.2 Å². The van der Waals surface area contributed by atoms with E-state index in [1.807, 2.05) is 12.1 Å². The molecule has 0 heterocycles. The van der Waals surface area contributed by atoms with Crippen molar-refractivity contribution in [3.05, 3.63) is 28.8 Å². The van der Waals surface area contributed by atoms with Crippen LogP contribution in [0.2, 0.25) is 5.02 Å². The van der Waals surface area contributed by atoms with E-state index in [2.05, 4.69) is 0 Å². The monoisotopic (exact) mass is 226 g/mol. The Morgan fingerprint density at radius 3 is 2.53 bits per heavy atom. The fourth-order valence-corrected chi connectivity index (χ4v) is 2.42. The lowest BCUT2D eigenvalue weighted by Gasteiger charge is -2.23. The quantitative estimate of drug-likeness (QED) is 0.840. The Labute approximate surface area is 94.8 Å². The van der Waals surface area contributed by atoms with Crippen LogP contribution in [0.15, 0.2) is 18.2 Å². The lowest BCUT2D eigenvalue weighted by molar-refractivity contribution is 0.0442. The molecule has 3 heteroatoms. The molecular formula is C12H15ClO2. The summed E-state index contributed by atoms with van der Waals surface area (Å²) in [7, 11) is 1.61. The van der Waals surface area contributed by atoms with E-state index in [0.717, 1.165) is 31.2 Å². The maximum absolute atomic E-state index is 10.4. The Hall–Kier alpha value is -0.730. The predicted molar refractivity (Wildman–Crippen MR) is 60.4 cm³/mol. The summed E-state index contributed by atoms with van der Waals surface area (Å²) in [6.45, 7) is 0. The molecule has 0 unspecified atom stereocenters. The second-order valence-electron chi connectivity index (χ2n) is 4.12. The van der Waals surface area contributed by atoms with E-state index in [-0.39, 0.29) is 0 Å². The van der Waals surface area contributed by atoms with Gasteiger partial charge in [0.2, 0.25) is 0 Å². The van der Waals surface area contributed by atoms with Gasteiger partial charge in [0.05, 0.1) is 12.7 Å². The Kier molecular flexibility index (Phi) is 2.89. The fraction of sp³-hybridized carbons (Fsp3) is 0.500. The molecule has 1 aromatic rings. The molecule has 1 aliphatic carbocycles. The average molecular weight is 227 g/mol. The number of rotatable bonds is 2. The van der Waals surface area contributed by atoms with E-state index in [9.17, 15) is 5.11 Å². The van der Waals surface area contributed by atoms with Crippen molar-refractivity contribution in [2.45, 2.75) is 31.3 Å². The first kappa shape index (κ1) is 10.8. The smallest absolute Gasteiger partial charge is 0.120 e. The summed E-state index contributed by atoms with van der Waals surface area (Å²) in [6.07, 6.45) is 3.78. The first-order chi connectivity index (χ1) is 7.14. The second kappa shape index (κ2) is 4.03. The van der Waals surface area contributed by atoms with Crippen LogP contribution >= 0.6 is 11.6 Å². The van der Waals surface area contributed by atoms with Crippen molar-refractivity contribution in [3.8, 4) is 5.75 Å². The van der Waals surface area contributed by atoms with Gasteiger partial charge in [0, 0.05) is 5.02 Å². The molecule has 0 amide bonds. The molecule has 0 bridgehead atoms. The van der Waals surface area contributed by atoms with Gasteiger partial charge in [-0.3, -0.25) is 0 Å². The van der Waals surface area contributed by atoms with Crippen LogP contribution in [0, 0.1) is 0 Å². The summed E-state index contributed by atoms with van der Waals surface area (Å²) in [5, 5.41) is 11.0. The molecule has 0 saturated heterocycles. The summed E-state index contributed by atoms with van der Waals surface area (Å²) < 4.78 is 5.14. The number of aliphatic hydroxyl groups is 1. The van der Waals surface area contributed by atoms with Crippen molar-refractivity contribution >= 4 is 11.6 Å². The average Bonchev–Trinajstić information content (AvgIpc) is 2.65. The van der Waals surface area contributed by atoms with Crippen LogP contribution in [0.4, 0.5) is 0 Å². The lowest BCUT2D eigenvalue weighted by atomic mass is 9.92. The molecule has 0 atom stereocenters. The van der Waals surface area contributed by atoms with Gasteiger partial charge in [-0.1, -0.05) is 24.4 Å². The van der Waals surface area contributed by atoms with Gasteiger partial charge >= 0.3 is 0 Å². The van der Waals surface area contributed by atoms with Crippen LogP contribution in [0.25, 0.3) is 0 Å². The standard InChI is InChI=1S/C12H15ClO2/c1-15-11-7-9(6-10(13)8-11)12(14)4-2-3-5-12/h6-8,14H,2-5H2,1H3. The van der Waals surface area contributed by atoms with Crippen molar-refractivity contribution in [2.24, 2.45) is 0 Å². The van der Waals surface area contributed by atoms with E-state index in [0.29, 0.717) is 10.8 Å². The van der Waals surface area contributed by atoms with Crippen LogP contribution in [-0.2, 0) is 5.60 Å². The fourth-order valence-electron chi connectivity index (χ4n) is 2.20. The number of hydrogen-bond acceptors (Lipinski definition) is 2. The third kappa shape index (κ3) is 2.11. The van der Waals surface area contributed by atoms with Crippen molar-refractivity contribution in [1.29, 1.82) is 0 Å². The van der Waals surface area contributed by atoms with Crippen molar-refractivity contribution in [2.75, 3.05) is 7.11 Å². The molecule has 0 aliphatic heterocycles. The number of hydrogen-bond donors (Lipinski definition) is 1. The first-order valence-corrected chi connectivity index (χ1v) is 5.59. The predicted octanol–water partition coefficient (Wildman–Crippen LogP) is 3.11. The summed E-state index contributed by atoms with van der Waals surface area (Å²) in [6, 6.07) is 5.45. The molecule has 15 heavy (non-hydrogen) atoms. The van der Waals surface area contributed by atoms with Crippen molar-refractivity contribution in [1.82, 2.24) is 0 Å². The zero-order valence-electron chi connectivity index (χ0n) is 8.79. The summed E-state index contributed by atoms with van der Waals surface area (Å²) in [5.74, 6) is 0.706. The van der Waals surface area contributed by atoms with Crippen LogP contribution in [-0.4, -0.2) is 12.2 Å². The number of ether oxygens (including phenoxy) is 1. The van der Waals surface area contributed by atoms with E-state index in [4.69, 9.17) is 16.3 Å². The summed E-state index contributed by atoms with van der Waals surface area (Å²) in [4.78, 5) is 0. The van der Waals surface area contributed by atoms with Gasteiger partial charge in [-0.2, -0.15) is 0 Å². The molecule has 1 N–H and O–H groups in total. The highest BCUT2D eigenvalue weighted by Crippen LogP contribution is 2.40. The molecule has 1 saturated carbocycles. The molecule has 1 fully saturated rings. The van der Waals surface area contributed by atoms with Gasteiger partial charge in [-0.25, -0.2) is 0 Å². The van der Waals surface area contributed by atoms with Crippen LogP contribution in [0.1, 0.15) is 31.2 Å².